The van der Waals surface area contributed by atoms with Crippen LogP contribution in [0.3, 0.4) is 0 Å². The van der Waals surface area contributed by atoms with Gasteiger partial charge in [-0.05, 0) is 18.4 Å². The number of furan rings is 1. The van der Waals surface area contributed by atoms with Gasteiger partial charge in [0.05, 0.1) is 5.75 Å². The summed E-state index contributed by atoms with van der Waals surface area (Å²) in [5, 5.41) is 2.81. The SMILES string of the molecule is CSCc1ccc(C2CNC(=O)C2)o1. The van der Waals surface area contributed by atoms with Crippen molar-refractivity contribution in [2.24, 2.45) is 0 Å². The highest BCUT2D eigenvalue weighted by Gasteiger charge is 2.25. The van der Waals surface area contributed by atoms with Crippen molar-refractivity contribution in [3.05, 3.63) is 23.7 Å². The van der Waals surface area contributed by atoms with E-state index in [1.54, 1.807) is 11.8 Å². The molecule has 1 aromatic heterocycles. The normalized spacial score (nSPS) is 21.2. The molecular formula is C10H13NO2S. The molecule has 0 spiro atoms. The van der Waals surface area contributed by atoms with Crippen molar-refractivity contribution in [1.29, 1.82) is 0 Å². The number of carbonyl (C=O) groups excluding carboxylic acids is 1. The van der Waals surface area contributed by atoms with Crippen molar-refractivity contribution in [1.82, 2.24) is 5.32 Å². The zero-order valence-electron chi connectivity index (χ0n) is 8.08. The molecule has 0 bridgehead atoms. The smallest absolute Gasteiger partial charge is 0.220 e. The third-order valence-corrected chi connectivity index (χ3v) is 2.92. The monoisotopic (exact) mass is 211 g/mol. The van der Waals surface area contributed by atoms with Gasteiger partial charge in [0.2, 0.25) is 5.91 Å². The van der Waals surface area contributed by atoms with Crippen molar-refractivity contribution in [3.63, 3.8) is 0 Å². The number of hydrogen-bond acceptors (Lipinski definition) is 3. The first-order valence-electron chi connectivity index (χ1n) is 4.64. The molecule has 3 nitrogen and oxygen atoms in total. The van der Waals surface area contributed by atoms with Crippen LogP contribution in [-0.2, 0) is 10.5 Å². The lowest BCUT2D eigenvalue weighted by Gasteiger charge is -2.01. The van der Waals surface area contributed by atoms with Crippen LogP contribution in [0.4, 0.5) is 0 Å². The van der Waals surface area contributed by atoms with Crippen LogP contribution in [0.5, 0.6) is 0 Å². The fourth-order valence-corrected chi connectivity index (χ4v) is 2.08. The second-order valence-electron chi connectivity index (χ2n) is 3.44. The van der Waals surface area contributed by atoms with Crippen molar-refractivity contribution >= 4 is 17.7 Å². The number of carbonyl (C=O) groups is 1. The minimum Gasteiger partial charge on any atom is -0.465 e. The van der Waals surface area contributed by atoms with Gasteiger partial charge in [0.1, 0.15) is 11.5 Å². The zero-order chi connectivity index (χ0) is 9.97. The number of rotatable bonds is 3. The van der Waals surface area contributed by atoms with E-state index >= 15 is 0 Å². The van der Waals surface area contributed by atoms with Crippen LogP contribution in [-0.4, -0.2) is 18.7 Å². The van der Waals surface area contributed by atoms with Crippen LogP contribution in [0.15, 0.2) is 16.5 Å². The van der Waals surface area contributed by atoms with Crippen molar-refractivity contribution in [2.75, 3.05) is 12.8 Å². The van der Waals surface area contributed by atoms with Crippen LogP contribution in [0.1, 0.15) is 23.9 Å². The predicted octanol–water partition coefficient (Wildman–Crippen LogP) is 1.75. The average molecular weight is 211 g/mol. The molecule has 1 atom stereocenters. The third kappa shape index (κ3) is 1.95. The van der Waals surface area contributed by atoms with Crippen LogP contribution in [0.2, 0.25) is 0 Å². The van der Waals surface area contributed by atoms with Gasteiger partial charge in [-0.1, -0.05) is 0 Å². The lowest BCUT2D eigenvalue weighted by molar-refractivity contribution is -0.119. The Bertz CT molecular complexity index is 335. The lowest BCUT2D eigenvalue weighted by Crippen LogP contribution is -2.13. The number of hydrogen-bond donors (Lipinski definition) is 1. The quantitative estimate of drug-likeness (QED) is 0.828. The molecule has 1 aliphatic rings. The van der Waals surface area contributed by atoms with E-state index in [4.69, 9.17) is 4.42 Å². The molecule has 14 heavy (non-hydrogen) atoms. The Labute approximate surface area is 87.2 Å². The fraction of sp³-hybridized carbons (Fsp3) is 0.500. The van der Waals surface area contributed by atoms with Crippen LogP contribution < -0.4 is 5.32 Å². The Morgan fingerprint density at radius 3 is 3.14 bits per heavy atom. The van der Waals surface area contributed by atoms with Gasteiger partial charge in [0.15, 0.2) is 0 Å². The minimum atomic E-state index is 0.123. The Hall–Kier alpha value is -0.900. The molecule has 1 aromatic rings. The molecule has 1 fully saturated rings. The molecule has 1 unspecified atom stereocenters. The Kier molecular flexibility index (Phi) is 2.82. The van der Waals surface area contributed by atoms with Crippen molar-refractivity contribution in [3.8, 4) is 0 Å². The molecular weight excluding hydrogens is 198 g/mol. The Morgan fingerprint density at radius 1 is 1.64 bits per heavy atom. The Morgan fingerprint density at radius 2 is 2.50 bits per heavy atom. The van der Waals surface area contributed by atoms with Gasteiger partial charge in [0.25, 0.3) is 0 Å². The van der Waals surface area contributed by atoms with E-state index in [-0.39, 0.29) is 11.8 Å². The highest BCUT2D eigenvalue weighted by atomic mass is 32.2. The van der Waals surface area contributed by atoms with Gasteiger partial charge < -0.3 is 9.73 Å². The molecule has 1 amide bonds. The van der Waals surface area contributed by atoms with E-state index in [1.165, 1.54) is 0 Å². The van der Waals surface area contributed by atoms with Crippen LogP contribution >= 0.6 is 11.8 Å². The van der Waals surface area contributed by atoms with E-state index in [0.717, 1.165) is 17.3 Å². The summed E-state index contributed by atoms with van der Waals surface area (Å²) in [5.74, 6) is 3.18. The van der Waals surface area contributed by atoms with E-state index in [2.05, 4.69) is 5.32 Å². The molecule has 4 heteroatoms. The van der Waals surface area contributed by atoms with E-state index in [1.807, 2.05) is 18.4 Å². The fourth-order valence-electron chi connectivity index (χ4n) is 1.64. The summed E-state index contributed by atoms with van der Waals surface area (Å²) in [4.78, 5) is 11.0. The highest BCUT2D eigenvalue weighted by Crippen LogP contribution is 2.25. The van der Waals surface area contributed by atoms with Gasteiger partial charge in [-0.3, -0.25) is 4.79 Å². The molecule has 1 aliphatic heterocycles. The first-order chi connectivity index (χ1) is 6.79. The maximum absolute atomic E-state index is 11.0. The van der Waals surface area contributed by atoms with E-state index < -0.39 is 0 Å². The number of amides is 1. The minimum absolute atomic E-state index is 0.123. The summed E-state index contributed by atoms with van der Waals surface area (Å²) in [6.45, 7) is 0.713. The second-order valence-corrected chi connectivity index (χ2v) is 4.31. The molecule has 76 valence electrons. The molecule has 0 radical (unpaired) electrons. The summed E-state index contributed by atoms with van der Waals surface area (Å²) in [5.41, 5.74) is 0. The maximum atomic E-state index is 11.0. The summed E-state index contributed by atoms with van der Waals surface area (Å²) in [6, 6.07) is 3.98. The van der Waals surface area contributed by atoms with Crippen molar-refractivity contribution < 1.29 is 9.21 Å². The third-order valence-electron chi connectivity index (χ3n) is 2.35. The summed E-state index contributed by atoms with van der Waals surface area (Å²) in [7, 11) is 0. The first-order valence-corrected chi connectivity index (χ1v) is 6.03. The van der Waals surface area contributed by atoms with E-state index in [9.17, 15) is 4.79 Å². The summed E-state index contributed by atoms with van der Waals surface area (Å²) >= 11 is 1.73. The van der Waals surface area contributed by atoms with E-state index in [0.29, 0.717) is 13.0 Å². The molecule has 1 saturated heterocycles. The second kappa shape index (κ2) is 4.09. The van der Waals surface area contributed by atoms with Gasteiger partial charge in [-0.2, -0.15) is 11.8 Å². The molecule has 0 aliphatic carbocycles. The van der Waals surface area contributed by atoms with Crippen LogP contribution in [0.25, 0.3) is 0 Å². The molecule has 2 rings (SSSR count). The average Bonchev–Trinajstić information content (AvgIpc) is 2.74. The predicted molar refractivity (Wildman–Crippen MR) is 56.3 cm³/mol. The van der Waals surface area contributed by atoms with Gasteiger partial charge in [-0.25, -0.2) is 0 Å². The molecule has 0 aromatic carbocycles. The van der Waals surface area contributed by atoms with Gasteiger partial charge in [0, 0.05) is 18.9 Å². The molecule has 0 saturated carbocycles. The largest absolute Gasteiger partial charge is 0.465 e. The van der Waals surface area contributed by atoms with Crippen molar-refractivity contribution in [2.45, 2.75) is 18.1 Å². The maximum Gasteiger partial charge on any atom is 0.220 e. The first kappa shape index (κ1) is 9.65. The van der Waals surface area contributed by atoms with Gasteiger partial charge in [-0.15, -0.1) is 0 Å². The highest BCUT2D eigenvalue weighted by molar-refractivity contribution is 7.97. The zero-order valence-corrected chi connectivity index (χ0v) is 8.89. The Balaban J connectivity index is 2.05. The number of nitrogens with one attached hydrogen (secondary N) is 1. The van der Waals surface area contributed by atoms with Gasteiger partial charge >= 0.3 is 0 Å². The number of thioether (sulfide) groups is 1. The molecule has 1 N–H and O–H groups in total. The molecule has 2 heterocycles. The standard InChI is InChI=1S/C10H13NO2S/c1-14-6-8-2-3-9(13-8)7-4-10(12)11-5-7/h2-3,7H,4-6H2,1H3,(H,11,12). The summed E-state index contributed by atoms with van der Waals surface area (Å²) < 4.78 is 5.64. The van der Waals surface area contributed by atoms with Crippen LogP contribution in [0, 0.1) is 0 Å². The lowest BCUT2D eigenvalue weighted by atomic mass is 10.1. The topological polar surface area (TPSA) is 42.2 Å². The summed E-state index contributed by atoms with van der Waals surface area (Å²) in [6.07, 6.45) is 2.61.